The molecule has 1 heterocycles. The van der Waals surface area contributed by atoms with E-state index in [2.05, 4.69) is 23.7 Å². The number of rotatable bonds is 7. The van der Waals surface area contributed by atoms with E-state index < -0.39 is 10.0 Å². The molecule has 2 aliphatic carbocycles. The molecule has 1 aromatic heterocycles. The van der Waals surface area contributed by atoms with E-state index >= 15 is 0 Å². The van der Waals surface area contributed by atoms with Gasteiger partial charge in [0, 0.05) is 26.7 Å². The van der Waals surface area contributed by atoms with Crippen LogP contribution >= 0.6 is 0 Å². The van der Waals surface area contributed by atoms with Crippen molar-refractivity contribution in [1.29, 1.82) is 0 Å². The Hall–Kier alpha value is -1.44. The van der Waals surface area contributed by atoms with Crippen LogP contribution in [0.5, 0.6) is 0 Å². The van der Waals surface area contributed by atoms with Crippen LogP contribution < -0.4 is 5.32 Å². The number of nitrogens with zero attached hydrogens (tertiary/aromatic N) is 3. The topological polar surface area (TPSA) is 67.2 Å². The molecule has 1 N–H and O–H groups in total. The Morgan fingerprint density at radius 1 is 1.29 bits per heavy atom. The van der Waals surface area contributed by atoms with Crippen LogP contribution in [-0.2, 0) is 23.1 Å². The van der Waals surface area contributed by atoms with E-state index in [4.69, 9.17) is 4.98 Å². The maximum absolute atomic E-state index is 12.4. The van der Waals surface area contributed by atoms with Gasteiger partial charge in [-0.25, -0.2) is 17.7 Å². The molecule has 28 heavy (non-hydrogen) atoms. The minimum absolute atomic E-state index is 0.292. The van der Waals surface area contributed by atoms with Gasteiger partial charge in [0.15, 0.2) is 0 Å². The molecule has 0 radical (unpaired) electrons. The number of aryl methyl sites for hydroxylation is 1. The van der Waals surface area contributed by atoms with Crippen LogP contribution in [0.2, 0.25) is 0 Å². The van der Waals surface area contributed by atoms with Crippen molar-refractivity contribution < 1.29 is 8.42 Å². The van der Waals surface area contributed by atoms with Gasteiger partial charge < -0.3 is 9.88 Å². The average molecular weight is 405 g/mol. The van der Waals surface area contributed by atoms with Gasteiger partial charge in [0.2, 0.25) is 10.0 Å². The first-order valence-electron chi connectivity index (χ1n) is 10.5. The quantitative estimate of drug-likeness (QED) is 0.769. The predicted molar refractivity (Wildman–Crippen MR) is 112 cm³/mol. The summed E-state index contributed by atoms with van der Waals surface area (Å²) in [6.45, 7) is 5.95. The van der Waals surface area contributed by atoms with E-state index in [9.17, 15) is 8.42 Å². The summed E-state index contributed by atoms with van der Waals surface area (Å²) in [4.78, 5) is 5.07. The van der Waals surface area contributed by atoms with Crippen molar-refractivity contribution >= 4 is 21.1 Å². The van der Waals surface area contributed by atoms with Crippen molar-refractivity contribution in [1.82, 2.24) is 19.2 Å². The number of nitrogens with one attached hydrogen (secondary N) is 1. The normalized spacial score (nSPS) is 25.8. The van der Waals surface area contributed by atoms with E-state index in [0.29, 0.717) is 17.5 Å². The van der Waals surface area contributed by atoms with Crippen LogP contribution in [0.1, 0.15) is 45.4 Å². The predicted octanol–water partition coefficient (Wildman–Crippen LogP) is 3.22. The van der Waals surface area contributed by atoms with Crippen molar-refractivity contribution in [2.24, 2.45) is 17.8 Å². The smallest absolute Gasteiger partial charge is 0.242 e. The maximum atomic E-state index is 12.4. The molecule has 2 aromatic rings. The zero-order valence-electron chi connectivity index (χ0n) is 17.4. The zero-order chi connectivity index (χ0) is 20.1. The fourth-order valence-corrected chi connectivity index (χ4v) is 6.25. The molecule has 4 rings (SSSR count). The number of aromatic nitrogens is 2. The van der Waals surface area contributed by atoms with E-state index in [1.54, 1.807) is 26.2 Å². The largest absolute Gasteiger partial charge is 0.327 e. The highest BCUT2D eigenvalue weighted by Gasteiger charge is 2.41. The highest BCUT2D eigenvalue weighted by atomic mass is 32.2. The lowest BCUT2D eigenvalue weighted by Gasteiger charge is -2.28. The van der Waals surface area contributed by atoms with Gasteiger partial charge in [-0.05, 0) is 69.1 Å². The van der Waals surface area contributed by atoms with Gasteiger partial charge in [0.1, 0.15) is 5.82 Å². The van der Waals surface area contributed by atoms with Crippen LogP contribution in [0.15, 0.2) is 23.1 Å². The van der Waals surface area contributed by atoms with Crippen molar-refractivity contribution in [2.75, 3.05) is 14.1 Å². The maximum Gasteiger partial charge on any atom is 0.242 e. The molecule has 1 aromatic carbocycles. The van der Waals surface area contributed by atoms with Gasteiger partial charge in [-0.15, -0.1) is 0 Å². The van der Waals surface area contributed by atoms with Crippen LogP contribution in [0.25, 0.3) is 11.0 Å². The molecule has 4 atom stereocenters. The Kier molecular flexibility index (Phi) is 5.27. The fraction of sp³-hybridized carbons (Fsp3) is 0.667. The molecule has 0 amide bonds. The molecule has 2 saturated carbocycles. The highest BCUT2D eigenvalue weighted by molar-refractivity contribution is 7.89. The molecule has 6 nitrogen and oxygen atoms in total. The third kappa shape index (κ3) is 3.37. The molecule has 2 bridgehead atoms. The first-order valence-corrected chi connectivity index (χ1v) is 11.9. The highest BCUT2D eigenvalue weighted by Crippen LogP contribution is 2.49. The first kappa shape index (κ1) is 19.9. The Morgan fingerprint density at radius 2 is 2.07 bits per heavy atom. The molecule has 0 aliphatic heterocycles. The Labute approximate surface area is 168 Å². The number of imidazole rings is 1. The van der Waals surface area contributed by atoms with Gasteiger partial charge in [0.05, 0.1) is 22.5 Å². The van der Waals surface area contributed by atoms with E-state index in [-0.39, 0.29) is 0 Å². The Bertz CT molecular complexity index is 966. The third-order valence-electron chi connectivity index (χ3n) is 6.91. The number of benzene rings is 1. The van der Waals surface area contributed by atoms with Crippen LogP contribution in [0.4, 0.5) is 0 Å². The molecule has 2 aliphatic rings. The standard InChI is InChI=1S/C21H32N4O2S/c1-5-25-20-9-8-17(28(26,27)24(3)4)12-19(20)23-21(25)13-22-14(2)18-11-15-6-7-16(18)10-15/h8-9,12,14-16,18,22H,5-7,10-11,13H2,1-4H3/t14-,15+,16+,18+/m1/s1. The molecule has 154 valence electrons. The number of fused-ring (bicyclic) bond motifs is 3. The number of sulfonamides is 1. The monoisotopic (exact) mass is 404 g/mol. The van der Waals surface area contributed by atoms with E-state index in [1.807, 2.05) is 6.07 Å². The van der Waals surface area contributed by atoms with Gasteiger partial charge in [0.25, 0.3) is 0 Å². The van der Waals surface area contributed by atoms with Crippen LogP contribution in [-0.4, -0.2) is 42.4 Å². The molecule has 0 unspecified atom stereocenters. The lowest BCUT2D eigenvalue weighted by Crippen LogP contribution is -2.36. The van der Waals surface area contributed by atoms with Crippen molar-refractivity contribution in [3.8, 4) is 0 Å². The van der Waals surface area contributed by atoms with Crippen molar-refractivity contribution in [3.05, 3.63) is 24.0 Å². The third-order valence-corrected chi connectivity index (χ3v) is 8.72. The van der Waals surface area contributed by atoms with E-state index in [0.717, 1.165) is 41.2 Å². The Balaban J connectivity index is 1.55. The minimum Gasteiger partial charge on any atom is -0.327 e. The van der Waals surface area contributed by atoms with Crippen molar-refractivity contribution in [3.63, 3.8) is 0 Å². The lowest BCUT2D eigenvalue weighted by atomic mass is 9.84. The summed E-state index contributed by atoms with van der Waals surface area (Å²) in [6.07, 6.45) is 5.62. The molecule has 7 heteroatoms. The molecular weight excluding hydrogens is 372 g/mol. The van der Waals surface area contributed by atoms with Crippen LogP contribution in [0, 0.1) is 17.8 Å². The summed E-state index contributed by atoms with van der Waals surface area (Å²) in [5.41, 5.74) is 1.73. The van der Waals surface area contributed by atoms with Crippen LogP contribution in [0.3, 0.4) is 0 Å². The summed E-state index contributed by atoms with van der Waals surface area (Å²) in [5, 5.41) is 3.71. The second-order valence-electron chi connectivity index (χ2n) is 8.72. The average Bonchev–Trinajstić information content (AvgIpc) is 3.38. The number of hydrogen-bond donors (Lipinski definition) is 1. The second kappa shape index (κ2) is 7.43. The molecular formula is C21H32N4O2S. The van der Waals surface area contributed by atoms with Gasteiger partial charge in [-0.1, -0.05) is 6.42 Å². The fourth-order valence-electron chi connectivity index (χ4n) is 5.33. The summed E-state index contributed by atoms with van der Waals surface area (Å²) >= 11 is 0. The van der Waals surface area contributed by atoms with E-state index in [1.165, 1.54) is 30.0 Å². The van der Waals surface area contributed by atoms with Gasteiger partial charge in [-0.3, -0.25) is 0 Å². The summed E-state index contributed by atoms with van der Waals surface area (Å²) < 4.78 is 28.3. The Morgan fingerprint density at radius 3 is 2.68 bits per heavy atom. The molecule has 2 fully saturated rings. The van der Waals surface area contributed by atoms with Crippen molar-refractivity contribution in [2.45, 2.75) is 63.6 Å². The summed E-state index contributed by atoms with van der Waals surface area (Å²) in [5.74, 6) is 3.62. The summed E-state index contributed by atoms with van der Waals surface area (Å²) in [6, 6.07) is 5.75. The zero-order valence-corrected chi connectivity index (χ0v) is 18.2. The SMILES string of the molecule is CCn1c(CN[C@H](C)[C@@H]2C[C@H]3CC[C@H]2C3)nc2cc(S(=O)(=O)N(C)C)ccc21. The summed E-state index contributed by atoms with van der Waals surface area (Å²) in [7, 11) is -0.348. The first-order chi connectivity index (χ1) is 13.3. The van der Waals surface area contributed by atoms with Gasteiger partial charge >= 0.3 is 0 Å². The minimum atomic E-state index is -3.45. The number of hydrogen-bond acceptors (Lipinski definition) is 4. The van der Waals surface area contributed by atoms with Gasteiger partial charge in [-0.2, -0.15) is 0 Å². The molecule has 0 saturated heterocycles. The second-order valence-corrected chi connectivity index (χ2v) is 10.9. The lowest BCUT2D eigenvalue weighted by molar-refractivity contribution is 0.258. The molecule has 0 spiro atoms.